The van der Waals surface area contributed by atoms with Gasteiger partial charge < -0.3 is 21.5 Å². The Morgan fingerprint density at radius 3 is 3.04 bits per heavy atom. The molecule has 5 N–H and O–H groups in total. The van der Waals surface area contributed by atoms with Crippen LogP contribution < -0.4 is 21.5 Å². The van der Waals surface area contributed by atoms with Crippen molar-refractivity contribution in [3.8, 4) is 5.88 Å². The third kappa shape index (κ3) is 3.59. The van der Waals surface area contributed by atoms with Crippen LogP contribution in [0.3, 0.4) is 0 Å². The quantitative estimate of drug-likeness (QED) is 0.721. The maximum atomic E-state index is 6.09. The highest BCUT2D eigenvalue weighted by molar-refractivity contribution is 7.17. The van der Waals surface area contributed by atoms with Crippen molar-refractivity contribution in [3.05, 3.63) is 23.3 Å². The van der Waals surface area contributed by atoms with E-state index in [2.05, 4.69) is 20.3 Å². The molecule has 2 aromatic heterocycles. The van der Waals surface area contributed by atoms with Gasteiger partial charge in [-0.1, -0.05) is 0 Å². The Bertz CT molecular complexity index is 741. The smallest absolute Gasteiger partial charge is 0.236 e. The molecule has 0 bridgehead atoms. The SMILES string of the molecule is CN=CC(=CN)Nc1nc(OC2CCC(N)C2)c2sccc2n1. The van der Waals surface area contributed by atoms with Gasteiger partial charge >= 0.3 is 0 Å². The second-order valence-corrected chi connectivity index (χ2v) is 6.35. The van der Waals surface area contributed by atoms with Crippen molar-refractivity contribution in [2.24, 2.45) is 16.5 Å². The number of hydrogen-bond donors (Lipinski definition) is 3. The normalized spacial score (nSPS) is 22.1. The highest BCUT2D eigenvalue weighted by Gasteiger charge is 2.25. The lowest BCUT2D eigenvalue weighted by atomic mass is 10.3. The first-order chi connectivity index (χ1) is 11.2. The van der Waals surface area contributed by atoms with Crippen molar-refractivity contribution in [3.63, 3.8) is 0 Å². The molecule has 23 heavy (non-hydrogen) atoms. The number of nitrogens with zero attached hydrogens (tertiary/aromatic N) is 3. The van der Waals surface area contributed by atoms with Crippen LogP contribution in [0.4, 0.5) is 5.95 Å². The van der Waals surface area contributed by atoms with Crippen LogP contribution in [0.5, 0.6) is 5.88 Å². The molecule has 0 spiro atoms. The number of rotatable bonds is 5. The number of allylic oxidation sites excluding steroid dienone is 1. The third-order valence-electron chi connectivity index (χ3n) is 3.68. The number of thiophene rings is 1. The molecule has 2 atom stereocenters. The molecule has 0 amide bonds. The van der Waals surface area contributed by atoms with Crippen LogP contribution in [0.25, 0.3) is 10.2 Å². The highest BCUT2D eigenvalue weighted by Crippen LogP contribution is 2.32. The molecule has 2 heterocycles. The Hall–Kier alpha value is -2.19. The van der Waals surface area contributed by atoms with Crippen LogP contribution >= 0.6 is 11.3 Å². The zero-order valence-corrected chi connectivity index (χ0v) is 13.7. The number of anilines is 1. The Morgan fingerprint density at radius 1 is 1.48 bits per heavy atom. The first kappa shape index (κ1) is 15.7. The van der Waals surface area contributed by atoms with Crippen molar-refractivity contribution < 1.29 is 4.74 Å². The predicted octanol–water partition coefficient (Wildman–Crippen LogP) is 1.86. The van der Waals surface area contributed by atoms with Crippen LogP contribution in [0, 0.1) is 0 Å². The van der Waals surface area contributed by atoms with E-state index >= 15 is 0 Å². The molecule has 7 nitrogen and oxygen atoms in total. The minimum Gasteiger partial charge on any atom is -0.473 e. The van der Waals surface area contributed by atoms with Gasteiger partial charge in [0.25, 0.3) is 0 Å². The van der Waals surface area contributed by atoms with E-state index in [9.17, 15) is 0 Å². The second-order valence-electron chi connectivity index (χ2n) is 5.43. The van der Waals surface area contributed by atoms with Crippen molar-refractivity contribution in [1.82, 2.24) is 9.97 Å². The van der Waals surface area contributed by atoms with Gasteiger partial charge in [-0.15, -0.1) is 11.3 Å². The maximum absolute atomic E-state index is 6.09. The number of nitrogens with two attached hydrogens (primary N) is 2. The van der Waals surface area contributed by atoms with Crippen LogP contribution in [-0.2, 0) is 0 Å². The Balaban J connectivity index is 1.88. The summed E-state index contributed by atoms with van der Waals surface area (Å²) in [6.45, 7) is 0. The number of ether oxygens (including phenoxy) is 1. The summed E-state index contributed by atoms with van der Waals surface area (Å²) in [6.07, 6.45) is 5.94. The fraction of sp³-hybridized carbons (Fsp3) is 0.400. The average Bonchev–Trinajstić information content (AvgIpc) is 3.15. The maximum Gasteiger partial charge on any atom is 0.236 e. The molecule has 0 aliphatic heterocycles. The lowest BCUT2D eigenvalue weighted by Gasteiger charge is -2.14. The molecular weight excluding hydrogens is 312 g/mol. The van der Waals surface area contributed by atoms with Crippen molar-refractivity contribution >= 4 is 33.7 Å². The first-order valence-electron chi connectivity index (χ1n) is 7.48. The largest absolute Gasteiger partial charge is 0.473 e. The van der Waals surface area contributed by atoms with Gasteiger partial charge in [0.1, 0.15) is 10.8 Å². The van der Waals surface area contributed by atoms with Gasteiger partial charge in [0.05, 0.1) is 11.2 Å². The van der Waals surface area contributed by atoms with Gasteiger partial charge in [-0.3, -0.25) is 4.99 Å². The number of aliphatic imine (C=N–C) groups is 1. The van der Waals surface area contributed by atoms with Crippen LogP contribution in [0.1, 0.15) is 19.3 Å². The topological polar surface area (TPSA) is 111 Å². The summed E-state index contributed by atoms with van der Waals surface area (Å²) < 4.78 is 7.03. The van der Waals surface area contributed by atoms with E-state index in [0.29, 0.717) is 17.5 Å². The molecule has 0 aromatic carbocycles. The third-order valence-corrected chi connectivity index (χ3v) is 4.57. The fourth-order valence-electron chi connectivity index (χ4n) is 2.60. The molecular formula is C15H20N6OS. The standard InChI is InChI=1S/C15H20N6OS/c1-18-8-10(7-16)19-15-20-12-4-5-23-13(12)14(21-15)22-11-3-2-9(17)6-11/h4-5,7-9,11H,2-3,6,16-17H2,1H3,(H,19,20,21). The Labute approximate surface area is 138 Å². The monoisotopic (exact) mass is 332 g/mol. The van der Waals surface area contributed by atoms with Gasteiger partial charge in [0.2, 0.25) is 11.8 Å². The molecule has 1 fully saturated rings. The summed E-state index contributed by atoms with van der Waals surface area (Å²) in [5.74, 6) is 1.03. The van der Waals surface area contributed by atoms with Gasteiger partial charge in [-0.25, -0.2) is 4.98 Å². The molecule has 3 rings (SSSR count). The van der Waals surface area contributed by atoms with Crippen molar-refractivity contribution in [1.29, 1.82) is 0 Å². The van der Waals surface area contributed by atoms with Crippen molar-refractivity contribution in [2.45, 2.75) is 31.4 Å². The summed E-state index contributed by atoms with van der Waals surface area (Å²) >= 11 is 1.57. The number of aromatic nitrogens is 2. The molecule has 8 heteroatoms. The predicted molar refractivity (Wildman–Crippen MR) is 94.0 cm³/mol. The molecule has 122 valence electrons. The summed E-state index contributed by atoms with van der Waals surface area (Å²) in [6, 6.07) is 2.16. The average molecular weight is 332 g/mol. The zero-order chi connectivity index (χ0) is 16.2. The van der Waals surface area contributed by atoms with Crippen LogP contribution in [-0.4, -0.2) is 35.4 Å². The summed E-state index contributed by atoms with van der Waals surface area (Å²) in [4.78, 5) is 12.9. The molecule has 2 aromatic rings. The molecule has 1 aliphatic rings. The summed E-state index contributed by atoms with van der Waals surface area (Å²) in [7, 11) is 1.67. The van der Waals surface area contributed by atoms with Gasteiger partial charge in [0, 0.05) is 25.5 Å². The Morgan fingerprint density at radius 2 is 2.35 bits per heavy atom. The first-order valence-corrected chi connectivity index (χ1v) is 8.36. The van der Waals surface area contributed by atoms with Gasteiger partial charge in [-0.05, 0) is 30.7 Å². The van der Waals surface area contributed by atoms with Crippen molar-refractivity contribution in [2.75, 3.05) is 12.4 Å². The second kappa shape index (κ2) is 6.93. The molecule has 0 saturated heterocycles. The molecule has 1 saturated carbocycles. The fourth-order valence-corrected chi connectivity index (χ4v) is 3.36. The zero-order valence-electron chi connectivity index (χ0n) is 12.9. The Kier molecular flexibility index (Phi) is 4.73. The minimum atomic E-state index is 0.111. The van der Waals surface area contributed by atoms with E-state index in [1.54, 1.807) is 24.6 Å². The van der Waals surface area contributed by atoms with E-state index < -0.39 is 0 Å². The van der Waals surface area contributed by atoms with Crippen LogP contribution in [0.2, 0.25) is 0 Å². The van der Waals surface area contributed by atoms with E-state index in [1.165, 1.54) is 6.20 Å². The summed E-state index contributed by atoms with van der Waals surface area (Å²) in [5, 5.41) is 5.03. The molecule has 2 unspecified atom stereocenters. The lowest BCUT2D eigenvalue weighted by Crippen LogP contribution is -2.19. The molecule has 0 radical (unpaired) electrons. The summed E-state index contributed by atoms with van der Waals surface area (Å²) in [5.41, 5.74) is 13.0. The number of nitrogens with one attached hydrogen (secondary N) is 1. The van der Waals surface area contributed by atoms with Crippen LogP contribution in [0.15, 0.2) is 28.3 Å². The number of hydrogen-bond acceptors (Lipinski definition) is 8. The van der Waals surface area contributed by atoms with E-state index in [-0.39, 0.29) is 12.1 Å². The minimum absolute atomic E-state index is 0.111. The molecule has 1 aliphatic carbocycles. The van der Waals surface area contributed by atoms with E-state index in [4.69, 9.17) is 16.2 Å². The van der Waals surface area contributed by atoms with Gasteiger partial charge in [-0.2, -0.15) is 4.98 Å². The number of fused-ring (bicyclic) bond motifs is 1. The van der Waals surface area contributed by atoms with Gasteiger partial charge in [0.15, 0.2) is 0 Å². The lowest BCUT2D eigenvalue weighted by molar-refractivity contribution is 0.203. The highest BCUT2D eigenvalue weighted by atomic mass is 32.1. The van der Waals surface area contributed by atoms with E-state index in [1.807, 2.05) is 11.4 Å². The van der Waals surface area contributed by atoms with E-state index in [0.717, 1.165) is 29.5 Å².